The van der Waals surface area contributed by atoms with E-state index in [0.29, 0.717) is 0 Å². The van der Waals surface area contributed by atoms with Crippen LogP contribution in [0.5, 0.6) is 0 Å². The average molecular weight is 449 g/mol. The van der Waals surface area contributed by atoms with Gasteiger partial charge < -0.3 is 9.88 Å². The van der Waals surface area contributed by atoms with Gasteiger partial charge in [0.15, 0.2) is 5.16 Å². The van der Waals surface area contributed by atoms with Gasteiger partial charge in [0.2, 0.25) is 0 Å². The van der Waals surface area contributed by atoms with Gasteiger partial charge in [-0.25, -0.2) is 4.98 Å². The number of benzene rings is 1. The van der Waals surface area contributed by atoms with Crippen LogP contribution >= 0.6 is 34.7 Å². The molecule has 0 radical (unpaired) electrons. The highest BCUT2D eigenvalue weighted by Gasteiger charge is 2.17. The van der Waals surface area contributed by atoms with Gasteiger partial charge in [0.25, 0.3) is 5.56 Å². The molecule has 0 aliphatic carbocycles. The normalized spacial score (nSPS) is 15.3. The van der Waals surface area contributed by atoms with Gasteiger partial charge in [0, 0.05) is 47.5 Å². The number of hydrogen-bond acceptors (Lipinski definition) is 6. The van der Waals surface area contributed by atoms with Crippen LogP contribution in [0.25, 0.3) is 10.2 Å². The molecule has 8 heteroatoms. The van der Waals surface area contributed by atoms with E-state index in [9.17, 15) is 4.79 Å². The van der Waals surface area contributed by atoms with Gasteiger partial charge in [0.05, 0.1) is 5.39 Å². The van der Waals surface area contributed by atoms with E-state index in [2.05, 4.69) is 25.8 Å². The Balaban J connectivity index is 1.24. The number of thiophene rings is 1. The van der Waals surface area contributed by atoms with Crippen molar-refractivity contribution in [2.75, 3.05) is 43.4 Å². The topological polar surface area (TPSA) is 52.2 Å². The molecule has 0 saturated carbocycles. The molecule has 154 valence electrons. The summed E-state index contributed by atoms with van der Waals surface area (Å²) in [5.74, 6) is 0.951. The van der Waals surface area contributed by atoms with Crippen molar-refractivity contribution in [3.05, 3.63) is 50.1 Å². The van der Waals surface area contributed by atoms with Crippen molar-refractivity contribution >= 4 is 50.6 Å². The van der Waals surface area contributed by atoms with Crippen molar-refractivity contribution in [1.29, 1.82) is 0 Å². The highest BCUT2D eigenvalue weighted by molar-refractivity contribution is 7.99. The Morgan fingerprint density at radius 3 is 2.79 bits per heavy atom. The number of nitrogens with one attached hydrogen (secondary N) is 1. The fourth-order valence-electron chi connectivity index (χ4n) is 3.66. The van der Waals surface area contributed by atoms with Crippen molar-refractivity contribution in [2.45, 2.75) is 25.4 Å². The van der Waals surface area contributed by atoms with E-state index in [-0.39, 0.29) is 5.56 Å². The summed E-state index contributed by atoms with van der Waals surface area (Å²) >= 11 is 9.36. The number of halogens is 1. The van der Waals surface area contributed by atoms with Crippen LogP contribution in [0, 0.1) is 13.8 Å². The third-order valence-electron chi connectivity index (χ3n) is 5.42. The van der Waals surface area contributed by atoms with E-state index < -0.39 is 0 Å². The van der Waals surface area contributed by atoms with E-state index in [0.717, 1.165) is 75.7 Å². The second kappa shape index (κ2) is 9.08. The quantitative estimate of drug-likeness (QED) is 0.340. The zero-order chi connectivity index (χ0) is 20.4. The zero-order valence-corrected chi connectivity index (χ0v) is 19.1. The van der Waals surface area contributed by atoms with E-state index >= 15 is 0 Å². The predicted molar refractivity (Wildman–Crippen MR) is 125 cm³/mol. The van der Waals surface area contributed by atoms with Gasteiger partial charge >= 0.3 is 0 Å². The molecule has 1 N–H and O–H groups in total. The summed E-state index contributed by atoms with van der Waals surface area (Å²) in [4.78, 5) is 26.9. The first-order chi connectivity index (χ1) is 14.0. The number of nitrogens with zero attached hydrogens (tertiary/aromatic N) is 3. The maximum Gasteiger partial charge on any atom is 0.260 e. The molecule has 0 spiro atoms. The van der Waals surface area contributed by atoms with Gasteiger partial charge in [0.1, 0.15) is 4.83 Å². The molecule has 1 fully saturated rings. The number of aryl methyl sites for hydroxylation is 2. The number of hydrogen-bond donors (Lipinski definition) is 1. The van der Waals surface area contributed by atoms with Crippen molar-refractivity contribution in [2.24, 2.45) is 0 Å². The van der Waals surface area contributed by atoms with E-state index in [1.54, 1.807) is 23.1 Å². The first-order valence-electron chi connectivity index (χ1n) is 9.87. The lowest BCUT2D eigenvalue weighted by molar-refractivity contribution is 0.259. The third kappa shape index (κ3) is 4.79. The van der Waals surface area contributed by atoms with E-state index in [1.165, 1.54) is 5.69 Å². The number of aromatic amines is 1. The summed E-state index contributed by atoms with van der Waals surface area (Å²) in [5, 5.41) is 2.27. The second-order valence-electron chi connectivity index (χ2n) is 7.35. The highest BCUT2D eigenvalue weighted by Crippen LogP contribution is 2.27. The molecular formula is C21H25ClN4OS2. The van der Waals surface area contributed by atoms with Crippen molar-refractivity contribution in [3.63, 3.8) is 0 Å². The van der Waals surface area contributed by atoms with Crippen molar-refractivity contribution in [3.8, 4) is 0 Å². The smallest absolute Gasteiger partial charge is 0.260 e. The average Bonchev–Trinajstić information content (AvgIpc) is 3.00. The van der Waals surface area contributed by atoms with Crippen molar-refractivity contribution in [1.82, 2.24) is 14.9 Å². The molecule has 1 saturated heterocycles. The zero-order valence-electron chi connectivity index (χ0n) is 16.7. The summed E-state index contributed by atoms with van der Waals surface area (Å²) in [5.41, 5.74) is 2.24. The predicted octanol–water partition coefficient (Wildman–Crippen LogP) is 4.56. The van der Waals surface area contributed by atoms with E-state index in [4.69, 9.17) is 11.6 Å². The monoisotopic (exact) mass is 448 g/mol. The lowest BCUT2D eigenvalue weighted by atomic mass is 10.2. The minimum absolute atomic E-state index is 0.0171. The number of rotatable bonds is 6. The molecule has 3 heterocycles. The standard InChI is InChI=1S/C21H25ClN4OS2/c1-14-15(2)29-20-18(14)19(27)23-21(24-20)28-12-4-7-25-8-10-26(11-9-25)17-6-3-5-16(22)13-17/h3,5-6,13H,4,7-12H2,1-2H3,(H,23,24,27). The fourth-order valence-corrected chi connectivity index (χ4v) is 5.72. The summed E-state index contributed by atoms with van der Waals surface area (Å²) in [6.07, 6.45) is 1.08. The third-order valence-corrected chi connectivity index (χ3v) is 7.72. The van der Waals surface area contributed by atoms with Gasteiger partial charge in [-0.1, -0.05) is 29.4 Å². The molecule has 1 aliphatic rings. The molecule has 1 aromatic carbocycles. The van der Waals surface area contributed by atoms with Crippen LogP contribution < -0.4 is 10.5 Å². The maximum atomic E-state index is 12.4. The molecule has 1 aliphatic heterocycles. The Labute approximate surface area is 184 Å². The minimum atomic E-state index is -0.0171. The summed E-state index contributed by atoms with van der Waals surface area (Å²) in [7, 11) is 0. The summed E-state index contributed by atoms with van der Waals surface area (Å²) in [6.45, 7) is 9.27. The number of piperazine rings is 1. The molecule has 0 unspecified atom stereocenters. The maximum absolute atomic E-state index is 12.4. The molecule has 29 heavy (non-hydrogen) atoms. The first-order valence-corrected chi connectivity index (χ1v) is 12.0. The van der Waals surface area contributed by atoms with Crippen molar-refractivity contribution < 1.29 is 0 Å². The van der Waals surface area contributed by atoms with Crippen LogP contribution in [0.15, 0.2) is 34.2 Å². The number of thioether (sulfide) groups is 1. The van der Waals surface area contributed by atoms with Gasteiger partial charge in [-0.2, -0.15) is 0 Å². The Hall–Kier alpha value is -1.54. The van der Waals surface area contributed by atoms with Crippen LogP contribution in [0.1, 0.15) is 16.9 Å². The number of anilines is 1. The molecule has 3 aromatic rings. The van der Waals surface area contributed by atoms with Crippen LogP contribution in [0.2, 0.25) is 5.02 Å². The van der Waals surface area contributed by atoms with Crippen LogP contribution in [-0.4, -0.2) is 53.3 Å². The Morgan fingerprint density at radius 2 is 2.03 bits per heavy atom. The molecule has 2 aromatic heterocycles. The number of fused-ring (bicyclic) bond motifs is 1. The van der Waals surface area contributed by atoms with E-state index in [1.807, 2.05) is 32.0 Å². The summed E-state index contributed by atoms with van der Waals surface area (Å²) < 4.78 is 0. The Bertz CT molecular complexity index is 1060. The molecule has 0 bridgehead atoms. The van der Waals surface area contributed by atoms with Gasteiger partial charge in [-0.05, 0) is 50.6 Å². The Morgan fingerprint density at radius 1 is 1.24 bits per heavy atom. The minimum Gasteiger partial charge on any atom is -0.369 e. The fraction of sp³-hybridized carbons (Fsp3) is 0.429. The number of H-pyrrole nitrogens is 1. The van der Waals surface area contributed by atoms with Gasteiger partial charge in [-0.15, -0.1) is 11.3 Å². The molecule has 4 rings (SSSR count). The molecule has 0 atom stereocenters. The molecular weight excluding hydrogens is 424 g/mol. The lowest BCUT2D eigenvalue weighted by Gasteiger charge is -2.36. The SMILES string of the molecule is Cc1sc2nc(SCCCN3CCN(c4cccc(Cl)c4)CC3)[nH]c(=O)c2c1C. The number of aromatic nitrogens is 2. The Kier molecular flexibility index (Phi) is 6.49. The summed E-state index contributed by atoms with van der Waals surface area (Å²) in [6, 6.07) is 8.09. The van der Waals surface area contributed by atoms with Gasteiger partial charge in [-0.3, -0.25) is 9.69 Å². The van der Waals surface area contributed by atoms with Crippen LogP contribution in [-0.2, 0) is 0 Å². The molecule has 5 nitrogen and oxygen atoms in total. The lowest BCUT2D eigenvalue weighted by Crippen LogP contribution is -2.46. The second-order valence-corrected chi connectivity index (χ2v) is 10.1. The first kappa shape index (κ1) is 20.7. The largest absolute Gasteiger partial charge is 0.369 e. The van der Waals surface area contributed by atoms with Crippen LogP contribution in [0.3, 0.4) is 0 Å². The van der Waals surface area contributed by atoms with Crippen LogP contribution in [0.4, 0.5) is 5.69 Å². The molecule has 0 amide bonds. The highest BCUT2D eigenvalue weighted by atomic mass is 35.5.